The molecule has 178 valence electrons. The number of hydrogen-bond donors (Lipinski definition) is 2. The van der Waals surface area contributed by atoms with E-state index in [0.29, 0.717) is 22.0 Å². The first kappa shape index (κ1) is 23.2. The summed E-state index contributed by atoms with van der Waals surface area (Å²) in [5.41, 5.74) is 3.13. The maximum absolute atomic E-state index is 13.7. The minimum atomic E-state index is -0.238. The predicted octanol–water partition coefficient (Wildman–Crippen LogP) is 6.95. The predicted molar refractivity (Wildman–Crippen MR) is 143 cm³/mol. The van der Waals surface area contributed by atoms with Crippen molar-refractivity contribution < 1.29 is 9.59 Å². The summed E-state index contributed by atoms with van der Waals surface area (Å²) in [5, 5.41) is 8.84. The largest absolute Gasteiger partial charge is 0.321 e. The normalized spacial score (nSPS) is 15.5. The van der Waals surface area contributed by atoms with Crippen LogP contribution in [0, 0.1) is 11.3 Å². The fourth-order valence-electron chi connectivity index (χ4n) is 4.85. The van der Waals surface area contributed by atoms with E-state index in [1.807, 2.05) is 42.5 Å². The lowest BCUT2D eigenvalue weighted by molar-refractivity contribution is 0.102. The fourth-order valence-corrected chi connectivity index (χ4v) is 6.17. The first-order chi connectivity index (χ1) is 16.8. The molecule has 0 aliphatic heterocycles. The summed E-state index contributed by atoms with van der Waals surface area (Å²) in [6.07, 6.45) is 5.97. The highest BCUT2D eigenvalue weighted by Crippen LogP contribution is 2.44. The maximum atomic E-state index is 13.7. The van der Waals surface area contributed by atoms with Gasteiger partial charge < -0.3 is 10.6 Å². The lowest BCUT2D eigenvalue weighted by Crippen LogP contribution is -2.27. The second-order valence-electron chi connectivity index (χ2n) is 10.2. The van der Waals surface area contributed by atoms with Crippen LogP contribution in [0.15, 0.2) is 67.0 Å². The molecule has 0 saturated heterocycles. The van der Waals surface area contributed by atoms with Gasteiger partial charge in [-0.3, -0.25) is 14.6 Å². The number of amides is 2. The van der Waals surface area contributed by atoms with E-state index in [2.05, 4.69) is 36.4 Å². The number of pyridine rings is 1. The Morgan fingerprint density at radius 2 is 1.69 bits per heavy atom. The van der Waals surface area contributed by atoms with Crippen molar-refractivity contribution in [1.29, 1.82) is 0 Å². The summed E-state index contributed by atoms with van der Waals surface area (Å²) < 4.78 is 0. The Bertz CT molecular complexity index is 1400. The zero-order chi connectivity index (χ0) is 24.6. The van der Waals surface area contributed by atoms with E-state index in [0.717, 1.165) is 41.3 Å². The molecule has 2 amide bonds. The Morgan fingerprint density at radius 3 is 2.46 bits per heavy atom. The van der Waals surface area contributed by atoms with E-state index < -0.39 is 0 Å². The van der Waals surface area contributed by atoms with Gasteiger partial charge in [0.1, 0.15) is 5.00 Å². The van der Waals surface area contributed by atoms with Crippen LogP contribution < -0.4 is 10.6 Å². The lowest BCUT2D eigenvalue weighted by Gasteiger charge is -2.33. The molecule has 2 N–H and O–H groups in total. The van der Waals surface area contributed by atoms with Crippen molar-refractivity contribution in [3.63, 3.8) is 0 Å². The molecule has 2 aromatic heterocycles. The molecule has 35 heavy (non-hydrogen) atoms. The molecule has 0 radical (unpaired) electrons. The molecule has 0 spiro atoms. The van der Waals surface area contributed by atoms with Crippen LogP contribution >= 0.6 is 11.3 Å². The smallest absolute Gasteiger partial charge is 0.258 e. The molecule has 0 bridgehead atoms. The van der Waals surface area contributed by atoms with Crippen LogP contribution in [-0.2, 0) is 12.8 Å². The summed E-state index contributed by atoms with van der Waals surface area (Å²) in [5.74, 6) is 0.113. The third-order valence-electron chi connectivity index (χ3n) is 6.92. The van der Waals surface area contributed by atoms with Crippen molar-refractivity contribution in [1.82, 2.24) is 4.98 Å². The summed E-state index contributed by atoms with van der Waals surface area (Å²) >= 11 is 1.54. The molecular weight excluding hydrogens is 454 g/mol. The Balaban J connectivity index is 1.52. The highest BCUT2D eigenvalue weighted by molar-refractivity contribution is 7.17. The van der Waals surface area contributed by atoms with Gasteiger partial charge in [0.05, 0.1) is 5.56 Å². The zero-order valence-electron chi connectivity index (χ0n) is 20.2. The second-order valence-corrected chi connectivity index (χ2v) is 11.3. The fraction of sp³-hybridized carbons (Fsp3) is 0.276. The minimum absolute atomic E-state index is 0.182. The van der Waals surface area contributed by atoms with Crippen LogP contribution in [0.4, 0.5) is 10.7 Å². The lowest BCUT2D eigenvalue weighted by atomic mass is 9.72. The van der Waals surface area contributed by atoms with E-state index in [-0.39, 0.29) is 17.2 Å². The van der Waals surface area contributed by atoms with Crippen LogP contribution in [-0.4, -0.2) is 16.8 Å². The molecule has 0 fully saturated rings. The maximum Gasteiger partial charge on any atom is 0.258 e. The SMILES string of the molecule is CC(C)(C)C1CCc2c(sc(NC(=O)c3ccncc3)c2C(=O)Nc2cccc3ccccc23)C1. The van der Waals surface area contributed by atoms with Gasteiger partial charge in [0.15, 0.2) is 0 Å². The van der Waals surface area contributed by atoms with E-state index >= 15 is 0 Å². The van der Waals surface area contributed by atoms with Gasteiger partial charge in [0, 0.05) is 33.9 Å². The van der Waals surface area contributed by atoms with Gasteiger partial charge in [0.2, 0.25) is 0 Å². The van der Waals surface area contributed by atoms with Crippen molar-refractivity contribution in [3.8, 4) is 0 Å². The quantitative estimate of drug-likeness (QED) is 0.330. The van der Waals surface area contributed by atoms with Crippen molar-refractivity contribution in [3.05, 3.63) is 88.6 Å². The molecule has 1 unspecified atom stereocenters. The van der Waals surface area contributed by atoms with E-state index in [1.165, 1.54) is 16.2 Å². The summed E-state index contributed by atoms with van der Waals surface area (Å²) in [6, 6.07) is 17.2. The van der Waals surface area contributed by atoms with E-state index in [9.17, 15) is 9.59 Å². The highest BCUT2D eigenvalue weighted by Gasteiger charge is 2.34. The third kappa shape index (κ3) is 4.71. The Labute approximate surface area is 209 Å². The van der Waals surface area contributed by atoms with Gasteiger partial charge in [-0.25, -0.2) is 0 Å². The third-order valence-corrected chi connectivity index (χ3v) is 8.09. The number of rotatable bonds is 4. The molecule has 2 aromatic carbocycles. The number of thiophene rings is 1. The van der Waals surface area contributed by atoms with Gasteiger partial charge in [-0.15, -0.1) is 11.3 Å². The Morgan fingerprint density at radius 1 is 0.943 bits per heavy atom. The molecule has 6 heteroatoms. The Kier molecular flexibility index (Phi) is 6.15. The Hall–Kier alpha value is -3.51. The van der Waals surface area contributed by atoms with E-state index in [4.69, 9.17) is 0 Å². The van der Waals surface area contributed by atoms with Crippen molar-refractivity contribution in [2.24, 2.45) is 11.3 Å². The first-order valence-electron chi connectivity index (χ1n) is 12.0. The van der Waals surface area contributed by atoms with Gasteiger partial charge in [-0.2, -0.15) is 0 Å². The summed E-state index contributed by atoms with van der Waals surface area (Å²) in [6.45, 7) is 6.82. The van der Waals surface area contributed by atoms with Crippen LogP contribution in [0.5, 0.6) is 0 Å². The van der Waals surface area contributed by atoms with Crippen molar-refractivity contribution in [2.45, 2.75) is 40.0 Å². The summed E-state index contributed by atoms with van der Waals surface area (Å²) in [4.78, 5) is 31.9. The van der Waals surface area contributed by atoms with Gasteiger partial charge >= 0.3 is 0 Å². The molecule has 5 rings (SSSR count). The number of nitrogens with one attached hydrogen (secondary N) is 2. The molecule has 0 saturated carbocycles. The zero-order valence-corrected chi connectivity index (χ0v) is 21.0. The van der Waals surface area contributed by atoms with Crippen LogP contribution in [0.2, 0.25) is 0 Å². The monoisotopic (exact) mass is 483 g/mol. The van der Waals surface area contributed by atoms with E-state index in [1.54, 1.807) is 24.5 Å². The number of fused-ring (bicyclic) bond motifs is 2. The number of aromatic nitrogens is 1. The number of carbonyl (C=O) groups excluding carboxylic acids is 2. The number of nitrogens with zero attached hydrogens (tertiary/aromatic N) is 1. The number of carbonyl (C=O) groups is 2. The van der Waals surface area contributed by atoms with Crippen molar-refractivity contribution >= 4 is 44.6 Å². The van der Waals surface area contributed by atoms with Crippen LogP contribution in [0.25, 0.3) is 10.8 Å². The molecule has 4 aromatic rings. The number of anilines is 2. The minimum Gasteiger partial charge on any atom is -0.321 e. The molecule has 1 aliphatic carbocycles. The topological polar surface area (TPSA) is 71.1 Å². The summed E-state index contributed by atoms with van der Waals surface area (Å²) in [7, 11) is 0. The average molecular weight is 484 g/mol. The highest BCUT2D eigenvalue weighted by atomic mass is 32.1. The number of benzene rings is 2. The van der Waals surface area contributed by atoms with Crippen molar-refractivity contribution in [2.75, 3.05) is 10.6 Å². The van der Waals surface area contributed by atoms with Crippen LogP contribution in [0.3, 0.4) is 0 Å². The first-order valence-corrected chi connectivity index (χ1v) is 12.8. The molecular formula is C29H29N3O2S. The number of hydrogen-bond acceptors (Lipinski definition) is 4. The van der Waals surface area contributed by atoms with Crippen LogP contribution in [0.1, 0.15) is 58.3 Å². The molecule has 5 nitrogen and oxygen atoms in total. The second kappa shape index (κ2) is 9.27. The molecule has 2 heterocycles. The molecule has 1 aliphatic rings. The van der Waals surface area contributed by atoms with Gasteiger partial charge in [0.25, 0.3) is 11.8 Å². The van der Waals surface area contributed by atoms with Gasteiger partial charge in [-0.1, -0.05) is 57.2 Å². The average Bonchev–Trinajstić information content (AvgIpc) is 3.21. The molecule has 1 atom stereocenters. The standard InChI is InChI=1S/C29H29N3O2S/c1-29(2,3)20-11-12-22-24(17-20)35-28(32-26(33)19-13-15-30-16-14-19)25(22)27(34)31-23-10-6-8-18-7-4-5-9-21(18)23/h4-10,13-16,20H,11-12,17H2,1-3H3,(H,31,34)(H,32,33). The van der Waals surface area contributed by atoms with Gasteiger partial charge in [-0.05, 0) is 59.7 Å².